The summed E-state index contributed by atoms with van der Waals surface area (Å²) in [5.41, 5.74) is 2.21. The molecular weight excluding hydrogens is 445 g/mol. The first-order valence-electron chi connectivity index (χ1n) is 13.0. The van der Waals surface area contributed by atoms with Gasteiger partial charge in [0.25, 0.3) is 5.92 Å². The zero-order valence-electron chi connectivity index (χ0n) is 23.2. The Bertz CT molecular complexity index is 730. The van der Waals surface area contributed by atoms with Gasteiger partial charge in [0.15, 0.2) is 12.5 Å². The second kappa shape index (κ2) is 21.2. The molecule has 0 saturated carbocycles. The fourth-order valence-corrected chi connectivity index (χ4v) is 3.17. The van der Waals surface area contributed by atoms with Crippen LogP contribution in [0.15, 0.2) is 60.7 Å². The summed E-state index contributed by atoms with van der Waals surface area (Å²) in [6, 6.07) is 5.82. The quantitative estimate of drug-likeness (QED) is 0.197. The molecule has 2 unspecified atom stereocenters. The summed E-state index contributed by atoms with van der Waals surface area (Å²) in [5, 5.41) is 0. The molecule has 0 aromatic heterocycles. The van der Waals surface area contributed by atoms with Crippen LogP contribution in [-0.2, 0) is 0 Å². The lowest BCUT2D eigenvalue weighted by molar-refractivity contribution is -0.0433. The van der Waals surface area contributed by atoms with Crippen molar-refractivity contribution < 1.29 is 18.0 Å². The van der Waals surface area contributed by atoms with Crippen LogP contribution in [0, 0.1) is 5.92 Å². The Hall–Kier alpha value is -2.10. The number of rotatable bonds is 13. The Morgan fingerprint density at radius 1 is 1.03 bits per heavy atom. The third kappa shape index (κ3) is 17.0. The first-order valence-corrected chi connectivity index (χ1v) is 13.0. The first-order chi connectivity index (χ1) is 16.5. The van der Waals surface area contributed by atoms with Crippen molar-refractivity contribution in [3.8, 4) is 0 Å². The maximum Gasteiger partial charge on any atom is 0.282 e. The molecule has 200 valence electrons. The molecule has 0 spiro atoms. The highest BCUT2D eigenvalue weighted by atomic mass is 19.3. The van der Waals surface area contributed by atoms with Gasteiger partial charge in [0.2, 0.25) is 0 Å². The van der Waals surface area contributed by atoms with Gasteiger partial charge in [0.1, 0.15) is 0 Å². The van der Waals surface area contributed by atoms with Crippen molar-refractivity contribution >= 4 is 5.78 Å². The van der Waals surface area contributed by atoms with Crippen LogP contribution >= 0.6 is 0 Å². The van der Waals surface area contributed by atoms with Gasteiger partial charge in [0.05, 0.1) is 0 Å². The molecule has 1 aromatic carbocycles. The van der Waals surface area contributed by atoms with E-state index < -0.39 is 18.5 Å². The molecule has 1 rings (SSSR count). The van der Waals surface area contributed by atoms with Crippen LogP contribution in [0.4, 0.5) is 13.2 Å². The largest absolute Gasteiger partial charge is 0.295 e. The lowest BCUT2D eigenvalue weighted by Crippen LogP contribution is -2.26. The molecule has 2 atom stereocenters. The molecule has 0 aliphatic rings. The molecule has 0 amide bonds. The van der Waals surface area contributed by atoms with Crippen LogP contribution in [0.3, 0.4) is 0 Å². The van der Waals surface area contributed by atoms with E-state index in [1.54, 1.807) is 0 Å². The zero-order chi connectivity index (χ0) is 27.3. The van der Waals surface area contributed by atoms with E-state index >= 15 is 0 Å². The summed E-state index contributed by atoms with van der Waals surface area (Å²) in [6.45, 7) is 15.8. The van der Waals surface area contributed by atoms with Crippen LogP contribution < -0.4 is 0 Å². The van der Waals surface area contributed by atoms with Gasteiger partial charge in [-0.1, -0.05) is 127 Å². The summed E-state index contributed by atoms with van der Waals surface area (Å²) in [5.74, 6) is -3.80. The fourth-order valence-electron chi connectivity index (χ4n) is 3.17. The van der Waals surface area contributed by atoms with E-state index in [2.05, 4.69) is 53.3 Å². The van der Waals surface area contributed by atoms with Crippen molar-refractivity contribution in [3.05, 3.63) is 71.8 Å². The number of halogens is 3. The maximum absolute atomic E-state index is 13.0. The number of ketones is 1. The molecule has 0 bridgehead atoms. The summed E-state index contributed by atoms with van der Waals surface area (Å²) >= 11 is 0. The molecule has 0 aliphatic heterocycles. The van der Waals surface area contributed by atoms with Gasteiger partial charge in [-0.3, -0.25) is 4.79 Å². The molecule has 0 N–H and O–H groups in total. The van der Waals surface area contributed by atoms with E-state index in [1.165, 1.54) is 88.6 Å². The van der Waals surface area contributed by atoms with E-state index in [1.807, 2.05) is 12.2 Å². The molecule has 0 radical (unpaired) electrons. The summed E-state index contributed by atoms with van der Waals surface area (Å²) in [4.78, 5) is 11.0. The zero-order valence-corrected chi connectivity index (χ0v) is 23.2. The van der Waals surface area contributed by atoms with Crippen LogP contribution in [0.5, 0.6) is 0 Å². The average molecular weight is 495 g/mol. The Kier molecular flexibility index (Phi) is 21.2. The highest BCUT2D eigenvalue weighted by Crippen LogP contribution is 2.33. The van der Waals surface area contributed by atoms with Gasteiger partial charge < -0.3 is 0 Å². The Morgan fingerprint density at radius 2 is 1.60 bits per heavy atom. The maximum atomic E-state index is 13.0. The highest BCUT2D eigenvalue weighted by molar-refractivity contribution is 5.94. The van der Waals surface area contributed by atoms with Crippen molar-refractivity contribution in [2.24, 2.45) is 5.92 Å². The minimum absolute atomic E-state index is 0.128. The molecule has 0 saturated heterocycles. The van der Waals surface area contributed by atoms with Gasteiger partial charge in [-0.05, 0) is 38.2 Å². The molecule has 0 heterocycles. The molecule has 4 heteroatoms. The Balaban J connectivity index is 0. The molecule has 0 aliphatic carbocycles. The number of allylic oxidation sites excluding steroid dienone is 5. The van der Waals surface area contributed by atoms with E-state index in [0.29, 0.717) is 11.1 Å². The van der Waals surface area contributed by atoms with Crippen LogP contribution in [0.25, 0.3) is 0 Å². The number of carbonyl (C=O) groups is 1. The van der Waals surface area contributed by atoms with Gasteiger partial charge in [-0.15, -0.1) is 0 Å². The second-order valence-corrected chi connectivity index (χ2v) is 9.04. The predicted molar refractivity (Wildman–Crippen MR) is 147 cm³/mol. The smallest absolute Gasteiger partial charge is 0.282 e. The minimum Gasteiger partial charge on any atom is -0.295 e. The van der Waals surface area contributed by atoms with Crippen molar-refractivity contribution in [2.45, 2.75) is 105 Å². The Labute approximate surface area is 213 Å². The molecule has 35 heavy (non-hydrogen) atoms. The van der Waals surface area contributed by atoms with E-state index in [4.69, 9.17) is 0 Å². The first kappa shape index (κ1) is 35.1. The van der Waals surface area contributed by atoms with Crippen molar-refractivity contribution in [3.63, 3.8) is 0 Å². The molecule has 1 nitrogen and oxygen atoms in total. The van der Waals surface area contributed by atoms with Crippen LogP contribution in [-0.4, -0.2) is 18.4 Å². The van der Waals surface area contributed by atoms with Crippen LogP contribution in [0.2, 0.25) is 0 Å². The average Bonchev–Trinajstić information content (AvgIpc) is 2.86. The van der Waals surface area contributed by atoms with Crippen molar-refractivity contribution in [2.75, 3.05) is 6.67 Å². The summed E-state index contributed by atoms with van der Waals surface area (Å²) in [7, 11) is 0. The van der Waals surface area contributed by atoms with Gasteiger partial charge in [-0.2, -0.15) is 0 Å². The third-order valence-electron chi connectivity index (χ3n) is 5.89. The van der Waals surface area contributed by atoms with E-state index in [9.17, 15) is 18.0 Å². The van der Waals surface area contributed by atoms with Crippen molar-refractivity contribution in [1.29, 1.82) is 0 Å². The highest BCUT2D eigenvalue weighted by Gasteiger charge is 2.37. The third-order valence-corrected chi connectivity index (χ3v) is 5.89. The fraction of sp³-hybridized carbons (Fsp3) is 0.581. The number of carbonyl (C=O) groups excluding carboxylic acids is 1. The number of Topliss-reactive ketones (excluding diaryl/α,β-unsaturated/α-hetero) is 1. The SMILES string of the molecule is C=C/C=C\C(=C/C)CCCC(C)CCC.CC(=O)c1ccc(C(C)C(F)(F)CF)cc1.CCCC. The Morgan fingerprint density at radius 3 is 2.00 bits per heavy atom. The standard InChI is InChI=1S/C15H26.C12H13F3O.C4H10/c1-5-8-12-15(7-3)13-9-11-14(4)10-6-2;1-8(12(14,15)7-13)10-3-5-11(6-4-10)9(2)16;1-3-4-2/h5,7-8,12,14H,1,6,9-11,13H2,2-4H3;3-6,8H,7H2,1-2H3;3-4H2,1-2H3/b12-8-,15-7+;;. The van der Waals surface area contributed by atoms with E-state index in [-0.39, 0.29) is 5.78 Å². The van der Waals surface area contributed by atoms with Crippen LogP contribution in [0.1, 0.15) is 115 Å². The lowest BCUT2D eigenvalue weighted by atomic mass is 9.94. The molecular formula is C31H49F3O. The number of hydrogen-bond acceptors (Lipinski definition) is 1. The van der Waals surface area contributed by atoms with Gasteiger partial charge in [0, 0.05) is 11.5 Å². The minimum atomic E-state index is -3.36. The number of alkyl halides is 3. The lowest BCUT2D eigenvalue weighted by Gasteiger charge is -2.20. The summed E-state index contributed by atoms with van der Waals surface area (Å²) < 4.78 is 38.2. The predicted octanol–water partition coefficient (Wildman–Crippen LogP) is 10.7. The number of benzene rings is 1. The van der Waals surface area contributed by atoms with E-state index in [0.717, 1.165) is 5.92 Å². The molecule has 0 fully saturated rings. The molecule has 1 aromatic rings. The monoisotopic (exact) mass is 494 g/mol. The number of hydrogen-bond donors (Lipinski definition) is 0. The summed E-state index contributed by atoms with van der Waals surface area (Å²) in [6.07, 6.45) is 17.4. The van der Waals surface area contributed by atoms with Crippen molar-refractivity contribution in [1.82, 2.24) is 0 Å². The second-order valence-electron chi connectivity index (χ2n) is 9.04. The topological polar surface area (TPSA) is 17.1 Å². The van der Waals surface area contributed by atoms with Gasteiger partial charge in [-0.25, -0.2) is 13.2 Å². The van der Waals surface area contributed by atoms with Gasteiger partial charge >= 0.3 is 0 Å². The number of unbranched alkanes of at least 4 members (excludes halogenated alkanes) is 1. The normalized spacial score (nSPS) is 13.3.